The van der Waals surface area contributed by atoms with Gasteiger partial charge in [-0.25, -0.2) is 0 Å². The van der Waals surface area contributed by atoms with E-state index in [4.69, 9.17) is 9.47 Å². The first-order valence-electron chi connectivity index (χ1n) is 14.1. The standard InChI is InChI=1S/C34H38N4O4/c1-35(2)18-9-19-36(3)34(40)31-17-15-27-23-38(30-13-7-6-10-26(30)22-37(27)31)33(39)25-14-16-29(32(21-25)42-5)24-11-8-12-28(20-24)41-4/h6-8,10-17,20-21H,9,18-19,22-23H2,1-5H3. The topological polar surface area (TPSA) is 67.2 Å². The number of para-hydroxylation sites is 1. The van der Waals surface area contributed by atoms with Crippen molar-refractivity contribution in [2.75, 3.05) is 53.4 Å². The van der Waals surface area contributed by atoms with E-state index in [1.165, 1.54) is 0 Å². The van der Waals surface area contributed by atoms with Gasteiger partial charge in [0.1, 0.15) is 17.2 Å². The quantitative estimate of drug-likeness (QED) is 0.271. The molecular weight excluding hydrogens is 528 g/mol. The minimum atomic E-state index is -0.138. The lowest BCUT2D eigenvalue weighted by Gasteiger charge is -2.23. The van der Waals surface area contributed by atoms with Crippen LogP contribution in [0.4, 0.5) is 5.69 Å². The Hall–Kier alpha value is -4.56. The molecule has 2 amide bonds. The normalized spacial score (nSPS) is 12.4. The minimum absolute atomic E-state index is 0.0184. The van der Waals surface area contributed by atoms with Crippen molar-refractivity contribution in [3.8, 4) is 22.6 Å². The number of methoxy groups -OCH3 is 2. The highest BCUT2D eigenvalue weighted by Gasteiger charge is 2.28. The van der Waals surface area contributed by atoms with Crippen LogP contribution in [0.15, 0.2) is 78.9 Å². The summed E-state index contributed by atoms with van der Waals surface area (Å²) >= 11 is 0. The number of carbonyl (C=O) groups excluding carboxylic acids is 2. The predicted octanol–water partition coefficient (Wildman–Crippen LogP) is 5.40. The van der Waals surface area contributed by atoms with Crippen LogP contribution < -0.4 is 14.4 Å². The van der Waals surface area contributed by atoms with Crippen molar-refractivity contribution < 1.29 is 19.1 Å². The summed E-state index contributed by atoms with van der Waals surface area (Å²) in [7, 11) is 9.16. The Bertz CT molecular complexity index is 1590. The van der Waals surface area contributed by atoms with Gasteiger partial charge in [0, 0.05) is 36.1 Å². The van der Waals surface area contributed by atoms with Gasteiger partial charge in [0.25, 0.3) is 11.8 Å². The number of aromatic nitrogens is 1. The molecule has 1 aromatic heterocycles. The number of hydrogen-bond donors (Lipinski definition) is 0. The highest BCUT2D eigenvalue weighted by atomic mass is 16.5. The second kappa shape index (κ2) is 12.5. The van der Waals surface area contributed by atoms with Crippen molar-refractivity contribution in [1.29, 1.82) is 0 Å². The second-order valence-electron chi connectivity index (χ2n) is 10.8. The molecular formula is C34H38N4O4. The van der Waals surface area contributed by atoms with Gasteiger partial charge >= 0.3 is 0 Å². The summed E-state index contributed by atoms with van der Waals surface area (Å²) in [6.07, 6.45) is 0.897. The van der Waals surface area contributed by atoms with Crippen LogP contribution >= 0.6 is 0 Å². The lowest BCUT2D eigenvalue weighted by Crippen LogP contribution is -2.32. The molecule has 0 saturated heterocycles. The molecule has 0 saturated carbocycles. The number of benzene rings is 3. The Kier molecular flexibility index (Phi) is 8.64. The molecule has 4 aromatic rings. The van der Waals surface area contributed by atoms with Gasteiger partial charge in [0.05, 0.1) is 27.3 Å². The molecule has 8 nitrogen and oxygen atoms in total. The first-order chi connectivity index (χ1) is 20.3. The number of carbonyl (C=O) groups is 2. The van der Waals surface area contributed by atoms with Crippen LogP contribution in [0, 0.1) is 0 Å². The number of nitrogens with zero attached hydrogens (tertiary/aromatic N) is 4. The molecule has 0 unspecified atom stereocenters. The Labute approximate surface area is 247 Å². The molecule has 218 valence electrons. The van der Waals surface area contributed by atoms with Crippen LogP contribution in [0.1, 0.15) is 38.5 Å². The average molecular weight is 567 g/mol. The fourth-order valence-corrected chi connectivity index (χ4v) is 5.46. The molecule has 3 aromatic carbocycles. The average Bonchev–Trinajstić information content (AvgIpc) is 3.32. The number of hydrogen-bond acceptors (Lipinski definition) is 5. The molecule has 0 radical (unpaired) electrons. The molecule has 0 N–H and O–H groups in total. The molecule has 1 aliphatic heterocycles. The van der Waals surface area contributed by atoms with Gasteiger partial charge in [-0.3, -0.25) is 9.59 Å². The van der Waals surface area contributed by atoms with E-state index in [-0.39, 0.29) is 11.8 Å². The molecule has 0 bridgehead atoms. The molecule has 0 fully saturated rings. The van der Waals surface area contributed by atoms with Crippen molar-refractivity contribution in [1.82, 2.24) is 14.4 Å². The lowest BCUT2D eigenvalue weighted by atomic mass is 10.0. The molecule has 42 heavy (non-hydrogen) atoms. The van der Waals surface area contributed by atoms with E-state index < -0.39 is 0 Å². The van der Waals surface area contributed by atoms with Crippen molar-refractivity contribution >= 4 is 17.5 Å². The maximum absolute atomic E-state index is 14.1. The van der Waals surface area contributed by atoms with Gasteiger partial charge in [0.2, 0.25) is 0 Å². The molecule has 1 aliphatic rings. The second-order valence-corrected chi connectivity index (χ2v) is 10.8. The molecule has 5 rings (SSSR count). The highest BCUT2D eigenvalue weighted by Crippen LogP contribution is 2.35. The number of amides is 2. The molecule has 0 spiro atoms. The van der Waals surface area contributed by atoms with E-state index in [1.54, 1.807) is 30.1 Å². The van der Waals surface area contributed by atoms with Crippen LogP contribution in [0.2, 0.25) is 0 Å². The van der Waals surface area contributed by atoms with Crippen molar-refractivity contribution in [2.24, 2.45) is 0 Å². The van der Waals surface area contributed by atoms with Gasteiger partial charge in [-0.05, 0) is 86.7 Å². The third-order valence-electron chi connectivity index (χ3n) is 7.74. The monoisotopic (exact) mass is 566 g/mol. The summed E-state index contributed by atoms with van der Waals surface area (Å²) in [4.78, 5) is 33.3. The maximum Gasteiger partial charge on any atom is 0.270 e. The smallest absolute Gasteiger partial charge is 0.270 e. The predicted molar refractivity (Wildman–Crippen MR) is 166 cm³/mol. The molecule has 0 aliphatic carbocycles. The number of anilines is 1. The van der Waals surface area contributed by atoms with Gasteiger partial charge in [-0.2, -0.15) is 0 Å². The summed E-state index contributed by atoms with van der Waals surface area (Å²) in [5.41, 5.74) is 5.67. The van der Waals surface area contributed by atoms with Gasteiger partial charge < -0.3 is 28.7 Å². The lowest BCUT2D eigenvalue weighted by molar-refractivity contribution is 0.0780. The summed E-state index contributed by atoms with van der Waals surface area (Å²) < 4.78 is 13.2. The van der Waals surface area contributed by atoms with Crippen molar-refractivity contribution in [2.45, 2.75) is 19.5 Å². The largest absolute Gasteiger partial charge is 0.497 e. The zero-order chi connectivity index (χ0) is 29.8. The number of ether oxygens (including phenoxy) is 2. The summed E-state index contributed by atoms with van der Waals surface area (Å²) in [6.45, 7) is 2.44. The van der Waals surface area contributed by atoms with E-state index in [0.717, 1.165) is 46.8 Å². The van der Waals surface area contributed by atoms with E-state index in [9.17, 15) is 9.59 Å². The summed E-state index contributed by atoms with van der Waals surface area (Å²) in [5, 5.41) is 0. The van der Waals surface area contributed by atoms with Gasteiger partial charge in [-0.1, -0.05) is 30.3 Å². The summed E-state index contributed by atoms with van der Waals surface area (Å²) in [5.74, 6) is 1.19. The van der Waals surface area contributed by atoms with Crippen LogP contribution in [-0.2, 0) is 13.1 Å². The maximum atomic E-state index is 14.1. The first kappa shape index (κ1) is 29.0. The first-order valence-corrected chi connectivity index (χ1v) is 14.1. The van der Waals surface area contributed by atoms with Crippen LogP contribution in [0.25, 0.3) is 11.1 Å². The summed E-state index contributed by atoms with van der Waals surface area (Å²) in [6, 6.07) is 25.0. The van der Waals surface area contributed by atoms with Crippen molar-refractivity contribution in [3.05, 3.63) is 101 Å². The zero-order valence-corrected chi connectivity index (χ0v) is 25.0. The molecule has 0 atom stereocenters. The highest BCUT2D eigenvalue weighted by molar-refractivity contribution is 6.07. The Morgan fingerprint density at radius 2 is 1.64 bits per heavy atom. The number of fused-ring (bicyclic) bond motifs is 2. The molecule has 8 heteroatoms. The zero-order valence-electron chi connectivity index (χ0n) is 25.0. The minimum Gasteiger partial charge on any atom is -0.497 e. The van der Waals surface area contributed by atoms with Crippen LogP contribution in [-0.4, -0.2) is 74.6 Å². The van der Waals surface area contributed by atoms with E-state index in [1.807, 2.05) is 98.5 Å². The fourth-order valence-electron chi connectivity index (χ4n) is 5.46. The third kappa shape index (κ3) is 5.90. The Morgan fingerprint density at radius 3 is 2.40 bits per heavy atom. The van der Waals surface area contributed by atoms with Crippen LogP contribution in [0.5, 0.6) is 11.5 Å². The van der Waals surface area contributed by atoms with E-state index in [0.29, 0.717) is 36.6 Å². The van der Waals surface area contributed by atoms with E-state index >= 15 is 0 Å². The number of rotatable bonds is 9. The van der Waals surface area contributed by atoms with E-state index in [2.05, 4.69) is 4.90 Å². The third-order valence-corrected chi connectivity index (χ3v) is 7.74. The Balaban J connectivity index is 1.46. The Morgan fingerprint density at radius 1 is 0.833 bits per heavy atom. The van der Waals surface area contributed by atoms with Crippen molar-refractivity contribution in [3.63, 3.8) is 0 Å². The molecule has 2 heterocycles. The van der Waals surface area contributed by atoms with Crippen LogP contribution in [0.3, 0.4) is 0 Å². The SMILES string of the molecule is COc1cccc(-c2ccc(C(=O)N3Cc4ccc(C(=O)N(C)CCCN(C)C)n4Cc4ccccc43)cc2OC)c1. The fraction of sp³-hybridized carbons (Fsp3) is 0.294. The van der Waals surface area contributed by atoms with Gasteiger partial charge in [-0.15, -0.1) is 0 Å². The van der Waals surface area contributed by atoms with Gasteiger partial charge in [0.15, 0.2) is 0 Å².